The molecular weight excluding hydrogens is 454 g/mol. The number of rotatable bonds is 8. The molecule has 3 aromatic rings. The van der Waals surface area contributed by atoms with E-state index in [4.69, 9.17) is 4.74 Å². The van der Waals surface area contributed by atoms with Crippen molar-refractivity contribution in [2.45, 2.75) is 39.3 Å². The van der Waals surface area contributed by atoms with Crippen molar-refractivity contribution >= 4 is 23.6 Å². The molecule has 7 nitrogen and oxygen atoms in total. The lowest BCUT2D eigenvalue weighted by molar-refractivity contribution is -0.143. The Morgan fingerprint density at radius 1 is 1.00 bits per heavy atom. The molecule has 1 aliphatic rings. The highest BCUT2D eigenvalue weighted by atomic mass is 16.5. The molecule has 3 amide bonds. The number of nitrogens with zero attached hydrogens (tertiary/aromatic N) is 1. The highest BCUT2D eigenvalue weighted by molar-refractivity contribution is 6.07. The van der Waals surface area contributed by atoms with E-state index in [1.54, 1.807) is 11.8 Å². The van der Waals surface area contributed by atoms with Gasteiger partial charge in [-0.05, 0) is 55.2 Å². The van der Waals surface area contributed by atoms with Crippen molar-refractivity contribution in [2.75, 3.05) is 18.1 Å². The fourth-order valence-corrected chi connectivity index (χ4v) is 4.40. The van der Waals surface area contributed by atoms with Gasteiger partial charge in [-0.25, -0.2) is 4.79 Å². The molecule has 7 heteroatoms. The first kappa shape index (κ1) is 25.0. The average Bonchev–Trinajstić information content (AvgIpc) is 3.30. The quantitative estimate of drug-likeness (QED) is 0.453. The number of hydrogen-bond donors (Lipinski definition) is 2. The van der Waals surface area contributed by atoms with Crippen LogP contribution in [0.5, 0.6) is 0 Å². The van der Waals surface area contributed by atoms with Crippen molar-refractivity contribution in [2.24, 2.45) is 0 Å². The summed E-state index contributed by atoms with van der Waals surface area (Å²) in [6.07, 6.45) is 0.841. The van der Waals surface area contributed by atoms with Crippen LogP contribution >= 0.6 is 0 Å². The largest absolute Gasteiger partial charge is 0.466 e. The third-order valence-corrected chi connectivity index (χ3v) is 6.19. The van der Waals surface area contributed by atoms with E-state index in [2.05, 4.69) is 10.6 Å². The van der Waals surface area contributed by atoms with Gasteiger partial charge in [0.2, 0.25) is 0 Å². The molecule has 36 heavy (non-hydrogen) atoms. The number of esters is 1. The summed E-state index contributed by atoms with van der Waals surface area (Å²) >= 11 is 0. The second kappa shape index (κ2) is 11.5. The minimum absolute atomic E-state index is 0.0232. The van der Waals surface area contributed by atoms with Crippen LogP contribution in [-0.2, 0) is 22.5 Å². The molecule has 2 N–H and O–H groups in total. The van der Waals surface area contributed by atoms with Gasteiger partial charge in [-0.1, -0.05) is 60.2 Å². The van der Waals surface area contributed by atoms with Crippen molar-refractivity contribution in [1.29, 1.82) is 0 Å². The topological polar surface area (TPSA) is 87.7 Å². The Morgan fingerprint density at radius 2 is 1.81 bits per heavy atom. The second-order valence-electron chi connectivity index (χ2n) is 8.84. The number of nitrogens with one attached hydrogen (secondary N) is 2. The van der Waals surface area contributed by atoms with Crippen LogP contribution < -0.4 is 15.5 Å². The zero-order valence-electron chi connectivity index (χ0n) is 20.6. The van der Waals surface area contributed by atoms with Crippen LogP contribution in [0.25, 0.3) is 0 Å². The maximum absolute atomic E-state index is 13.1. The van der Waals surface area contributed by atoms with Gasteiger partial charge in [0.05, 0.1) is 19.1 Å². The Labute approximate surface area is 211 Å². The molecule has 0 aromatic heterocycles. The van der Waals surface area contributed by atoms with Crippen LogP contribution in [0.3, 0.4) is 0 Å². The molecule has 1 heterocycles. The summed E-state index contributed by atoms with van der Waals surface area (Å²) in [4.78, 5) is 39.7. The summed E-state index contributed by atoms with van der Waals surface area (Å²) in [5, 5.41) is 5.76. The lowest BCUT2D eigenvalue weighted by Gasteiger charge is -2.20. The van der Waals surface area contributed by atoms with E-state index >= 15 is 0 Å². The zero-order valence-corrected chi connectivity index (χ0v) is 20.6. The van der Waals surface area contributed by atoms with E-state index in [0.717, 1.165) is 34.4 Å². The molecule has 1 aliphatic heterocycles. The Morgan fingerprint density at radius 3 is 2.56 bits per heavy atom. The molecule has 3 aromatic carbocycles. The molecule has 4 rings (SSSR count). The predicted molar refractivity (Wildman–Crippen MR) is 139 cm³/mol. The summed E-state index contributed by atoms with van der Waals surface area (Å²) in [5.41, 5.74) is 5.41. The Balaban J connectivity index is 1.41. The molecule has 186 valence electrons. The lowest BCUT2D eigenvalue weighted by Crippen LogP contribution is -2.38. The Hall–Kier alpha value is -4.13. The third kappa shape index (κ3) is 6.10. The molecule has 0 aliphatic carbocycles. The van der Waals surface area contributed by atoms with Gasteiger partial charge in [0.1, 0.15) is 0 Å². The van der Waals surface area contributed by atoms with Gasteiger partial charge in [0, 0.05) is 24.3 Å². The smallest absolute Gasteiger partial charge is 0.315 e. The van der Waals surface area contributed by atoms with Crippen molar-refractivity contribution < 1.29 is 19.1 Å². The number of benzene rings is 3. The Kier molecular flexibility index (Phi) is 8.00. The first-order chi connectivity index (χ1) is 17.4. The number of urea groups is 1. The van der Waals surface area contributed by atoms with Crippen LogP contribution in [0, 0.1) is 6.92 Å². The van der Waals surface area contributed by atoms with Gasteiger partial charge in [-0.15, -0.1) is 0 Å². The molecule has 0 unspecified atom stereocenters. The third-order valence-electron chi connectivity index (χ3n) is 6.19. The summed E-state index contributed by atoms with van der Waals surface area (Å²) in [7, 11) is 0. The summed E-state index contributed by atoms with van der Waals surface area (Å²) in [6.45, 7) is 4.92. The van der Waals surface area contributed by atoms with Gasteiger partial charge in [0.25, 0.3) is 5.91 Å². The second-order valence-corrected chi connectivity index (χ2v) is 8.84. The van der Waals surface area contributed by atoms with Gasteiger partial charge in [0.15, 0.2) is 0 Å². The molecule has 0 saturated carbocycles. The van der Waals surface area contributed by atoms with Crippen LogP contribution in [0.15, 0.2) is 72.8 Å². The normalized spacial score (nSPS) is 13.0. The number of carbonyl (C=O) groups excluding carboxylic acids is 3. The van der Waals surface area contributed by atoms with Crippen LogP contribution in [0.4, 0.5) is 10.5 Å². The zero-order chi connectivity index (χ0) is 25.5. The lowest BCUT2D eigenvalue weighted by atomic mass is 10.0. The van der Waals surface area contributed by atoms with Crippen LogP contribution in [-0.4, -0.2) is 31.1 Å². The number of anilines is 1. The molecule has 0 radical (unpaired) electrons. The predicted octanol–water partition coefficient (Wildman–Crippen LogP) is 4.69. The first-order valence-electron chi connectivity index (χ1n) is 12.2. The summed E-state index contributed by atoms with van der Waals surface area (Å²) < 4.78 is 5.07. The fourth-order valence-electron chi connectivity index (χ4n) is 4.40. The summed E-state index contributed by atoms with van der Waals surface area (Å²) in [5.74, 6) is -0.395. The molecule has 0 fully saturated rings. The maximum Gasteiger partial charge on any atom is 0.315 e. The van der Waals surface area contributed by atoms with Crippen molar-refractivity contribution in [3.8, 4) is 0 Å². The van der Waals surface area contributed by atoms with E-state index in [-0.39, 0.29) is 37.5 Å². The highest BCUT2D eigenvalue weighted by Crippen LogP contribution is 2.30. The minimum atomic E-state index is -0.507. The average molecular weight is 486 g/mol. The standard InChI is InChI=1S/C29H31N3O4/c1-3-36-27(33)18-25(22-9-5-4-6-10-22)31-29(35)30-19-21-12-13-23-14-15-32(26(23)17-21)28(34)24-11-7-8-20(2)16-24/h4-13,16-17,25H,3,14-15,18-19H2,1-2H3,(H2,30,31,35)/t25-/m0/s1. The van der Waals surface area contributed by atoms with E-state index in [9.17, 15) is 14.4 Å². The number of fused-ring (bicyclic) bond motifs is 1. The SMILES string of the molecule is CCOC(=O)C[C@H](NC(=O)NCc1ccc2c(c1)N(C(=O)c1cccc(C)c1)CC2)c1ccccc1. The maximum atomic E-state index is 13.1. The molecule has 0 bridgehead atoms. The first-order valence-corrected chi connectivity index (χ1v) is 12.2. The van der Waals surface area contributed by atoms with Gasteiger partial charge in [-0.2, -0.15) is 0 Å². The van der Waals surface area contributed by atoms with E-state index in [0.29, 0.717) is 12.1 Å². The van der Waals surface area contributed by atoms with Crippen molar-refractivity contribution in [3.63, 3.8) is 0 Å². The molecule has 0 saturated heterocycles. The van der Waals surface area contributed by atoms with Gasteiger partial charge >= 0.3 is 12.0 Å². The number of hydrogen-bond acceptors (Lipinski definition) is 4. The van der Waals surface area contributed by atoms with Crippen molar-refractivity contribution in [1.82, 2.24) is 10.6 Å². The van der Waals surface area contributed by atoms with Gasteiger partial charge in [-0.3, -0.25) is 9.59 Å². The van der Waals surface area contributed by atoms with Crippen LogP contribution in [0.1, 0.15) is 52.0 Å². The van der Waals surface area contributed by atoms with Crippen LogP contribution in [0.2, 0.25) is 0 Å². The minimum Gasteiger partial charge on any atom is -0.466 e. The number of carbonyl (C=O) groups is 3. The molecule has 0 spiro atoms. The highest BCUT2D eigenvalue weighted by Gasteiger charge is 2.26. The number of ether oxygens (including phenoxy) is 1. The number of aryl methyl sites for hydroxylation is 1. The fraction of sp³-hybridized carbons (Fsp3) is 0.276. The number of amides is 3. The van der Waals surface area contributed by atoms with E-state index in [1.807, 2.05) is 79.7 Å². The summed E-state index contributed by atoms with van der Waals surface area (Å²) in [6, 6.07) is 22.0. The van der Waals surface area contributed by atoms with E-state index < -0.39 is 6.04 Å². The van der Waals surface area contributed by atoms with E-state index in [1.165, 1.54) is 0 Å². The Bertz CT molecular complexity index is 1240. The van der Waals surface area contributed by atoms with Gasteiger partial charge < -0.3 is 20.3 Å². The molecular formula is C29H31N3O4. The monoisotopic (exact) mass is 485 g/mol. The molecule has 1 atom stereocenters. The van der Waals surface area contributed by atoms with Crippen molar-refractivity contribution in [3.05, 3.63) is 101 Å².